The Hall–Kier alpha value is -1.49. The highest BCUT2D eigenvalue weighted by Crippen LogP contribution is 2.32. The number of aryl methyl sites for hydroxylation is 2. The van der Waals surface area contributed by atoms with E-state index in [0.29, 0.717) is 5.69 Å². The van der Waals surface area contributed by atoms with Gasteiger partial charge >= 0.3 is 6.18 Å². The summed E-state index contributed by atoms with van der Waals surface area (Å²) in [4.78, 5) is 2.39. The normalized spacial score (nSPS) is 13.3. The molecule has 108 valence electrons. The van der Waals surface area contributed by atoms with Crippen LogP contribution in [0.4, 0.5) is 18.9 Å². The smallest absolute Gasteiger partial charge is 0.378 e. The molecule has 1 N–H and O–H groups in total. The van der Waals surface area contributed by atoms with Crippen LogP contribution in [-0.4, -0.2) is 0 Å². The van der Waals surface area contributed by atoms with Gasteiger partial charge in [-0.15, -0.1) is 11.3 Å². The number of hydrogen-bond donors (Lipinski definition) is 1. The van der Waals surface area contributed by atoms with E-state index in [9.17, 15) is 13.2 Å². The molecule has 0 aliphatic rings. The number of halogens is 3. The van der Waals surface area contributed by atoms with Crippen LogP contribution in [0.1, 0.15) is 33.8 Å². The molecule has 20 heavy (non-hydrogen) atoms. The van der Waals surface area contributed by atoms with Crippen LogP contribution < -0.4 is 5.32 Å². The van der Waals surface area contributed by atoms with E-state index in [2.05, 4.69) is 11.4 Å². The Morgan fingerprint density at radius 1 is 1.15 bits per heavy atom. The first kappa shape index (κ1) is 14.9. The summed E-state index contributed by atoms with van der Waals surface area (Å²) in [6.07, 6.45) is -4.31. The van der Waals surface area contributed by atoms with Gasteiger partial charge in [-0.05, 0) is 50.6 Å². The fourth-order valence-electron chi connectivity index (χ4n) is 2.19. The lowest BCUT2D eigenvalue weighted by molar-refractivity contribution is -0.137. The van der Waals surface area contributed by atoms with Gasteiger partial charge in [0.2, 0.25) is 0 Å². The molecule has 5 heteroatoms. The molecule has 0 saturated carbocycles. The molecule has 2 rings (SSSR count). The van der Waals surface area contributed by atoms with Gasteiger partial charge in [-0.2, -0.15) is 13.2 Å². The van der Waals surface area contributed by atoms with Crippen LogP contribution in [0.15, 0.2) is 30.3 Å². The summed E-state index contributed by atoms with van der Waals surface area (Å²) in [5, 5.41) is 3.13. The maximum absolute atomic E-state index is 12.7. The number of hydrogen-bond acceptors (Lipinski definition) is 2. The number of alkyl halides is 3. The van der Waals surface area contributed by atoms with Crippen molar-refractivity contribution in [2.24, 2.45) is 0 Å². The highest BCUT2D eigenvalue weighted by Gasteiger charge is 2.30. The molecule has 1 aromatic heterocycles. The lowest BCUT2D eigenvalue weighted by atomic mass is 10.1. The van der Waals surface area contributed by atoms with E-state index in [1.165, 1.54) is 15.8 Å². The van der Waals surface area contributed by atoms with Crippen molar-refractivity contribution >= 4 is 17.0 Å². The van der Waals surface area contributed by atoms with Crippen LogP contribution in [0.5, 0.6) is 0 Å². The predicted octanol–water partition coefficient (Wildman–Crippen LogP) is 5.56. The van der Waals surface area contributed by atoms with Crippen LogP contribution >= 0.6 is 11.3 Å². The average Bonchev–Trinajstić information content (AvgIpc) is 2.68. The molecule has 0 fully saturated rings. The summed E-state index contributed by atoms with van der Waals surface area (Å²) in [5.74, 6) is 0. The van der Waals surface area contributed by atoms with Crippen molar-refractivity contribution < 1.29 is 13.2 Å². The van der Waals surface area contributed by atoms with Crippen molar-refractivity contribution in [1.29, 1.82) is 0 Å². The molecule has 0 amide bonds. The average molecular weight is 299 g/mol. The number of rotatable bonds is 3. The van der Waals surface area contributed by atoms with Gasteiger partial charge < -0.3 is 5.32 Å². The molecular formula is C15H16F3NS. The highest BCUT2D eigenvalue weighted by molar-refractivity contribution is 7.12. The Bertz CT molecular complexity index is 601. The van der Waals surface area contributed by atoms with Gasteiger partial charge in [0.05, 0.1) is 5.56 Å². The summed E-state index contributed by atoms with van der Waals surface area (Å²) in [6, 6.07) is 7.35. The van der Waals surface area contributed by atoms with Crippen LogP contribution in [-0.2, 0) is 6.18 Å². The van der Waals surface area contributed by atoms with Crippen molar-refractivity contribution in [1.82, 2.24) is 0 Å². The maximum atomic E-state index is 12.7. The molecular weight excluding hydrogens is 283 g/mol. The SMILES string of the molecule is Cc1cc(C(C)Nc2cccc(C(F)(F)F)c2)c(C)s1. The first-order valence-corrected chi connectivity index (χ1v) is 7.10. The van der Waals surface area contributed by atoms with Crippen molar-refractivity contribution in [3.8, 4) is 0 Å². The van der Waals surface area contributed by atoms with Gasteiger partial charge in [-0.25, -0.2) is 0 Å². The van der Waals surface area contributed by atoms with Crippen LogP contribution in [0, 0.1) is 13.8 Å². The molecule has 0 spiro atoms. The Morgan fingerprint density at radius 2 is 1.85 bits per heavy atom. The van der Waals surface area contributed by atoms with E-state index in [4.69, 9.17) is 0 Å². The lowest BCUT2D eigenvalue weighted by Crippen LogP contribution is -2.09. The number of benzene rings is 1. The van der Waals surface area contributed by atoms with E-state index in [1.807, 2.05) is 20.8 Å². The van der Waals surface area contributed by atoms with E-state index in [1.54, 1.807) is 17.4 Å². The second-order valence-corrected chi connectivity index (χ2v) is 6.27. The van der Waals surface area contributed by atoms with Crippen molar-refractivity contribution in [3.05, 3.63) is 51.2 Å². The van der Waals surface area contributed by atoms with Crippen molar-refractivity contribution in [3.63, 3.8) is 0 Å². The Kier molecular flexibility index (Phi) is 4.09. The minimum Gasteiger partial charge on any atom is -0.378 e. The van der Waals surface area contributed by atoms with E-state index >= 15 is 0 Å². The van der Waals surface area contributed by atoms with Gasteiger partial charge in [0.1, 0.15) is 0 Å². The summed E-state index contributed by atoms with van der Waals surface area (Å²) < 4.78 is 38.0. The Morgan fingerprint density at radius 3 is 2.40 bits per heavy atom. The van der Waals surface area contributed by atoms with Gasteiger partial charge in [0, 0.05) is 21.5 Å². The third-order valence-corrected chi connectivity index (χ3v) is 4.10. The second-order valence-electron chi connectivity index (χ2n) is 4.81. The highest BCUT2D eigenvalue weighted by atomic mass is 32.1. The number of thiophene rings is 1. The molecule has 2 aromatic rings. The first-order valence-electron chi connectivity index (χ1n) is 6.28. The van der Waals surface area contributed by atoms with Gasteiger partial charge in [-0.1, -0.05) is 6.07 Å². The topological polar surface area (TPSA) is 12.0 Å². The predicted molar refractivity (Wildman–Crippen MR) is 77.3 cm³/mol. The Balaban J connectivity index is 2.20. The standard InChI is InChI=1S/C15H16F3NS/c1-9-7-14(11(3)20-9)10(2)19-13-6-4-5-12(8-13)15(16,17)18/h4-8,10,19H,1-3H3. The lowest BCUT2D eigenvalue weighted by Gasteiger charge is -2.16. The van der Waals surface area contributed by atoms with Gasteiger partial charge in [0.25, 0.3) is 0 Å². The molecule has 0 aliphatic carbocycles. The largest absolute Gasteiger partial charge is 0.416 e. The Labute approximate surface area is 120 Å². The first-order chi connectivity index (χ1) is 9.27. The minimum atomic E-state index is -4.31. The number of anilines is 1. The van der Waals surface area contributed by atoms with Crippen molar-refractivity contribution in [2.75, 3.05) is 5.32 Å². The van der Waals surface area contributed by atoms with Crippen LogP contribution in [0.3, 0.4) is 0 Å². The third kappa shape index (κ3) is 3.33. The second kappa shape index (κ2) is 5.48. The fourth-order valence-corrected chi connectivity index (χ4v) is 3.22. The van der Waals surface area contributed by atoms with E-state index in [0.717, 1.165) is 17.7 Å². The maximum Gasteiger partial charge on any atom is 0.416 e. The summed E-state index contributed by atoms with van der Waals surface area (Å²) in [7, 11) is 0. The zero-order valence-electron chi connectivity index (χ0n) is 11.5. The summed E-state index contributed by atoms with van der Waals surface area (Å²) in [5.41, 5.74) is 0.980. The van der Waals surface area contributed by atoms with Gasteiger partial charge in [-0.3, -0.25) is 0 Å². The summed E-state index contributed by atoms with van der Waals surface area (Å²) in [6.45, 7) is 6.00. The minimum absolute atomic E-state index is 0.0246. The zero-order valence-corrected chi connectivity index (χ0v) is 12.3. The molecule has 1 atom stereocenters. The van der Waals surface area contributed by atoms with Crippen LogP contribution in [0.2, 0.25) is 0 Å². The summed E-state index contributed by atoms with van der Waals surface area (Å²) >= 11 is 1.70. The molecule has 0 radical (unpaired) electrons. The molecule has 1 aromatic carbocycles. The molecule has 0 aliphatic heterocycles. The zero-order chi connectivity index (χ0) is 14.9. The monoisotopic (exact) mass is 299 g/mol. The third-order valence-electron chi connectivity index (χ3n) is 3.12. The molecule has 1 unspecified atom stereocenters. The van der Waals surface area contributed by atoms with Crippen molar-refractivity contribution in [2.45, 2.75) is 33.0 Å². The molecule has 0 saturated heterocycles. The molecule has 0 bridgehead atoms. The van der Waals surface area contributed by atoms with Gasteiger partial charge in [0.15, 0.2) is 0 Å². The van der Waals surface area contributed by atoms with E-state index < -0.39 is 11.7 Å². The molecule has 1 heterocycles. The fraction of sp³-hybridized carbons (Fsp3) is 0.333. The van der Waals surface area contributed by atoms with Crippen LogP contribution in [0.25, 0.3) is 0 Å². The van der Waals surface area contributed by atoms with E-state index in [-0.39, 0.29) is 6.04 Å². The quantitative estimate of drug-likeness (QED) is 0.782. The number of nitrogens with one attached hydrogen (secondary N) is 1. The molecule has 1 nitrogen and oxygen atoms in total.